The van der Waals surface area contributed by atoms with Crippen LogP contribution in [-0.2, 0) is 0 Å². The molecule has 0 bridgehead atoms. The minimum atomic E-state index is -4.45. The molecule has 0 aliphatic rings. The number of aromatic hydroxyl groups is 1. The molecule has 3 heterocycles. The molecule has 22 heavy (non-hydrogen) atoms. The van der Waals surface area contributed by atoms with Crippen LogP contribution in [0.4, 0.5) is 13.2 Å². The predicted molar refractivity (Wildman–Crippen MR) is 84.2 cm³/mol. The smallest absolute Gasteiger partial charge is 0.422 e. The lowest BCUT2D eigenvalue weighted by Gasteiger charge is -2.09. The summed E-state index contributed by atoms with van der Waals surface area (Å²) in [6, 6.07) is 7.21. The summed E-state index contributed by atoms with van der Waals surface area (Å²) in [7, 11) is 0. The molecule has 3 aromatic rings. The third kappa shape index (κ3) is 3.13. The number of rotatable bonds is 4. The Balaban J connectivity index is 2.05. The molecule has 1 N–H and O–H groups in total. The molecule has 0 fully saturated rings. The maximum absolute atomic E-state index is 12.4. The van der Waals surface area contributed by atoms with Gasteiger partial charge >= 0.3 is 6.18 Å². The van der Waals surface area contributed by atoms with Gasteiger partial charge in [-0.3, -0.25) is 0 Å². The van der Waals surface area contributed by atoms with Gasteiger partial charge in [0.05, 0.1) is 9.75 Å². The second-order valence-electron chi connectivity index (χ2n) is 4.30. The molecule has 3 rings (SSSR count). The highest BCUT2D eigenvalue weighted by molar-refractivity contribution is 7.26. The number of hydrogen-bond acceptors (Lipinski definition) is 5. The first kappa shape index (κ1) is 15.4. The zero-order chi connectivity index (χ0) is 15.7. The SMILES string of the molecule is Oc1c(-c2cccs2)sc(-c2cccs2)c1OCC(F)(F)F. The number of thiophene rings is 3. The van der Waals surface area contributed by atoms with Crippen LogP contribution in [0.5, 0.6) is 11.5 Å². The van der Waals surface area contributed by atoms with Crippen molar-refractivity contribution in [3.63, 3.8) is 0 Å². The number of alkyl halides is 3. The standard InChI is InChI=1S/C14H9F3O2S3/c15-14(16,17)7-19-11-10(18)12(8-3-1-5-20-8)22-13(11)9-4-2-6-21-9/h1-6,18H,7H2. The minimum absolute atomic E-state index is 0.104. The molecule has 0 radical (unpaired) electrons. The van der Waals surface area contributed by atoms with Crippen molar-refractivity contribution >= 4 is 34.0 Å². The molecular formula is C14H9F3O2S3. The van der Waals surface area contributed by atoms with E-state index < -0.39 is 12.8 Å². The lowest BCUT2D eigenvalue weighted by Crippen LogP contribution is -2.19. The fourth-order valence-electron chi connectivity index (χ4n) is 1.84. The van der Waals surface area contributed by atoms with Crippen LogP contribution in [0.2, 0.25) is 0 Å². The van der Waals surface area contributed by atoms with Crippen LogP contribution in [0.25, 0.3) is 19.5 Å². The molecule has 3 aromatic heterocycles. The fraction of sp³-hybridized carbons (Fsp3) is 0.143. The topological polar surface area (TPSA) is 29.5 Å². The number of halogens is 3. The van der Waals surface area contributed by atoms with Crippen molar-refractivity contribution in [2.45, 2.75) is 6.18 Å². The van der Waals surface area contributed by atoms with E-state index in [1.54, 1.807) is 12.1 Å². The summed E-state index contributed by atoms with van der Waals surface area (Å²) in [6.45, 7) is -1.43. The second-order valence-corrected chi connectivity index (χ2v) is 7.21. The van der Waals surface area contributed by atoms with Crippen LogP contribution in [0.15, 0.2) is 35.0 Å². The van der Waals surface area contributed by atoms with Crippen LogP contribution >= 0.6 is 34.0 Å². The Hall–Kier alpha value is -1.51. The van der Waals surface area contributed by atoms with E-state index in [0.29, 0.717) is 9.75 Å². The summed E-state index contributed by atoms with van der Waals surface area (Å²) in [5.41, 5.74) is 0. The van der Waals surface area contributed by atoms with Gasteiger partial charge < -0.3 is 9.84 Å². The molecule has 0 spiro atoms. The number of ether oxygens (including phenoxy) is 1. The van der Waals surface area contributed by atoms with Crippen molar-refractivity contribution < 1.29 is 23.0 Å². The summed E-state index contributed by atoms with van der Waals surface area (Å²) in [4.78, 5) is 2.60. The number of hydrogen-bond donors (Lipinski definition) is 1. The first-order valence-corrected chi connectivity index (χ1v) is 8.66. The molecular weight excluding hydrogens is 353 g/mol. The maximum atomic E-state index is 12.4. The highest BCUT2D eigenvalue weighted by atomic mass is 32.1. The Kier molecular flexibility index (Phi) is 4.16. The van der Waals surface area contributed by atoms with E-state index >= 15 is 0 Å². The van der Waals surface area contributed by atoms with E-state index in [4.69, 9.17) is 4.74 Å². The Labute approximate surface area is 136 Å². The fourth-order valence-corrected chi connectivity index (χ4v) is 4.68. The third-order valence-corrected chi connectivity index (χ3v) is 5.97. The maximum Gasteiger partial charge on any atom is 0.422 e. The van der Waals surface area contributed by atoms with Gasteiger partial charge in [0, 0.05) is 9.75 Å². The van der Waals surface area contributed by atoms with Crippen molar-refractivity contribution in [3.05, 3.63) is 35.0 Å². The van der Waals surface area contributed by atoms with Crippen LogP contribution in [0, 0.1) is 0 Å². The van der Waals surface area contributed by atoms with Gasteiger partial charge in [-0.2, -0.15) is 13.2 Å². The molecule has 0 amide bonds. The summed E-state index contributed by atoms with van der Waals surface area (Å²) in [5, 5.41) is 14.0. The van der Waals surface area contributed by atoms with Gasteiger partial charge in [0.25, 0.3) is 0 Å². The highest BCUT2D eigenvalue weighted by Crippen LogP contribution is 2.53. The van der Waals surface area contributed by atoms with Gasteiger partial charge in [-0.15, -0.1) is 34.0 Å². The van der Waals surface area contributed by atoms with Crippen molar-refractivity contribution in [1.82, 2.24) is 0 Å². The summed E-state index contributed by atoms with van der Waals surface area (Å²) >= 11 is 4.02. The van der Waals surface area contributed by atoms with E-state index in [1.807, 2.05) is 22.9 Å². The van der Waals surface area contributed by atoms with Crippen LogP contribution in [0.3, 0.4) is 0 Å². The average molecular weight is 362 g/mol. The first-order valence-electron chi connectivity index (χ1n) is 6.09. The van der Waals surface area contributed by atoms with Crippen molar-refractivity contribution in [2.24, 2.45) is 0 Å². The molecule has 8 heteroatoms. The molecule has 0 saturated heterocycles. The molecule has 2 nitrogen and oxygen atoms in total. The predicted octanol–water partition coefficient (Wildman–Crippen LogP) is 5.85. The first-order chi connectivity index (χ1) is 10.5. The van der Waals surface area contributed by atoms with Crippen LogP contribution in [-0.4, -0.2) is 17.9 Å². The summed E-state index contributed by atoms with van der Waals surface area (Å²) < 4.78 is 42.2. The van der Waals surface area contributed by atoms with Crippen molar-refractivity contribution in [2.75, 3.05) is 6.61 Å². The highest BCUT2D eigenvalue weighted by Gasteiger charge is 2.31. The van der Waals surface area contributed by atoms with E-state index in [9.17, 15) is 18.3 Å². The van der Waals surface area contributed by atoms with Crippen molar-refractivity contribution in [1.29, 1.82) is 0 Å². The average Bonchev–Trinajstić information content (AvgIpc) is 3.16. The zero-order valence-corrected chi connectivity index (χ0v) is 13.3. The van der Waals surface area contributed by atoms with Crippen LogP contribution in [0.1, 0.15) is 0 Å². The van der Waals surface area contributed by atoms with Gasteiger partial charge in [-0.05, 0) is 22.9 Å². The molecule has 0 unspecified atom stereocenters. The molecule has 0 aromatic carbocycles. The quantitative estimate of drug-likeness (QED) is 0.631. The largest absolute Gasteiger partial charge is 0.503 e. The zero-order valence-electron chi connectivity index (χ0n) is 10.9. The normalized spacial score (nSPS) is 11.8. The van der Waals surface area contributed by atoms with Gasteiger partial charge in [0.2, 0.25) is 0 Å². The Morgan fingerprint density at radius 2 is 1.59 bits per heavy atom. The second kappa shape index (κ2) is 5.94. The minimum Gasteiger partial charge on any atom is -0.503 e. The lowest BCUT2D eigenvalue weighted by molar-refractivity contribution is -0.153. The lowest BCUT2D eigenvalue weighted by atomic mass is 10.3. The molecule has 0 saturated carbocycles. The summed E-state index contributed by atoms with van der Waals surface area (Å²) in [5.74, 6) is -0.340. The van der Waals surface area contributed by atoms with Gasteiger partial charge in [-0.25, -0.2) is 0 Å². The molecule has 116 valence electrons. The summed E-state index contributed by atoms with van der Waals surface area (Å²) in [6.07, 6.45) is -4.45. The van der Waals surface area contributed by atoms with Gasteiger partial charge in [0.15, 0.2) is 18.1 Å². The van der Waals surface area contributed by atoms with Gasteiger partial charge in [-0.1, -0.05) is 12.1 Å². The Morgan fingerprint density at radius 3 is 2.09 bits per heavy atom. The Bertz CT molecular complexity index is 743. The van der Waals surface area contributed by atoms with Crippen molar-refractivity contribution in [3.8, 4) is 31.0 Å². The van der Waals surface area contributed by atoms with Crippen LogP contribution < -0.4 is 4.74 Å². The molecule has 0 aliphatic heterocycles. The van der Waals surface area contributed by atoms with E-state index in [2.05, 4.69) is 0 Å². The monoisotopic (exact) mass is 362 g/mol. The van der Waals surface area contributed by atoms with E-state index in [1.165, 1.54) is 34.0 Å². The van der Waals surface area contributed by atoms with Gasteiger partial charge in [0.1, 0.15) is 0 Å². The molecule has 0 atom stereocenters. The third-order valence-electron chi connectivity index (χ3n) is 2.71. The Morgan fingerprint density at radius 1 is 1.00 bits per heavy atom. The van der Waals surface area contributed by atoms with E-state index in [-0.39, 0.29) is 11.5 Å². The molecule has 0 aliphatic carbocycles. The van der Waals surface area contributed by atoms with E-state index in [0.717, 1.165) is 9.75 Å².